The maximum absolute atomic E-state index is 12.0. The van der Waals surface area contributed by atoms with Gasteiger partial charge in [-0.25, -0.2) is 4.79 Å². The summed E-state index contributed by atoms with van der Waals surface area (Å²) in [6.45, 7) is 5.05. The van der Waals surface area contributed by atoms with E-state index < -0.39 is 5.97 Å². The molecule has 0 amide bonds. The number of carboxylic acids is 1. The Bertz CT molecular complexity index is 726. The van der Waals surface area contributed by atoms with Gasteiger partial charge in [0.25, 0.3) is 0 Å². The first kappa shape index (κ1) is 19.2. The van der Waals surface area contributed by atoms with Crippen molar-refractivity contribution in [3.8, 4) is 0 Å². The van der Waals surface area contributed by atoms with E-state index in [2.05, 4.69) is 17.9 Å². The first-order valence-electron chi connectivity index (χ1n) is 10.5. The van der Waals surface area contributed by atoms with E-state index in [0.717, 1.165) is 31.0 Å². The van der Waals surface area contributed by atoms with Crippen molar-refractivity contribution in [3.63, 3.8) is 0 Å². The number of thiophene rings is 1. The fourth-order valence-electron chi connectivity index (χ4n) is 4.83. The van der Waals surface area contributed by atoms with Gasteiger partial charge in [0.2, 0.25) is 0 Å². The molecular weight excluding hydrogens is 358 g/mol. The van der Waals surface area contributed by atoms with E-state index >= 15 is 0 Å². The fraction of sp³-hybridized carbons (Fsp3) is 0.682. The van der Waals surface area contributed by atoms with Gasteiger partial charge in [0.05, 0.1) is 6.61 Å². The fourth-order valence-corrected chi connectivity index (χ4v) is 6.03. The summed E-state index contributed by atoms with van der Waals surface area (Å²) >= 11 is 1.50. The molecule has 0 aromatic carbocycles. The predicted octanol–water partition coefficient (Wildman–Crippen LogP) is 4.60. The number of aromatic carboxylic acids is 1. The molecule has 0 spiro atoms. The Labute approximate surface area is 165 Å². The number of hydrogen-bond donors (Lipinski definition) is 2. The zero-order valence-electron chi connectivity index (χ0n) is 16.2. The minimum Gasteiger partial charge on any atom is -0.477 e. The minimum absolute atomic E-state index is 0.189. The van der Waals surface area contributed by atoms with Gasteiger partial charge in [0.1, 0.15) is 4.88 Å². The minimum atomic E-state index is -0.774. The molecule has 1 aromatic rings. The number of rotatable bonds is 6. The van der Waals surface area contributed by atoms with E-state index in [1.807, 2.05) is 0 Å². The van der Waals surface area contributed by atoms with Crippen LogP contribution < -0.4 is 0 Å². The van der Waals surface area contributed by atoms with Crippen LogP contribution in [0, 0.1) is 11.8 Å². The summed E-state index contributed by atoms with van der Waals surface area (Å²) in [6, 6.07) is 2.20. The lowest BCUT2D eigenvalue weighted by atomic mass is 9.75. The van der Waals surface area contributed by atoms with Crippen LogP contribution in [0.3, 0.4) is 0 Å². The highest BCUT2D eigenvalue weighted by Crippen LogP contribution is 2.47. The third-order valence-corrected chi connectivity index (χ3v) is 7.92. The Kier molecular flexibility index (Phi) is 5.72. The Morgan fingerprint density at radius 1 is 1.19 bits per heavy atom. The number of aliphatic hydroxyl groups excluding tert-OH is 1. The lowest BCUT2D eigenvalue weighted by Gasteiger charge is -2.37. The van der Waals surface area contributed by atoms with Crippen molar-refractivity contribution < 1.29 is 15.0 Å². The molecule has 2 aliphatic carbocycles. The molecular formula is C22H31NO3S. The number of β-amino-alcohol motifs (C(OH)–C–C–N with tert-alkyl or cyclic N) is 1. The van der Waals surface area contributed by atoms with Gasteiger partial charge >= 0.3 is 5.97 Å². The van der Waals surface area contributed by atoms with Gasteiger partial charge in [-0.2, -0.15) is 0 Å². The van der Waals surface area contributed by atoms with E-state index in [1.54, 1.807) is 0 Å². The largest absolute Gasteiger partial charge is 0.477 e. The number of carbonyl (C=O) groups is 1. The summed E-state index contributed by atoms with van der Waals surface area (Å²) in [6.07, 6.45) is 8.28. The lowest BCUT2D eigenvalue weighted by Crippen LogP contribution is -2.36. The zero-order valence-corrected chi connectivity index (χ0v) is 17.1. The molecule has 148 valence electrons. The van der Waals surface area contributed by atoms with Crippen molar-refractivity contribution in [1.29, 1.82) is 0 Å². The van der Waals surface area contributed by atoms with E-state index in [-0.39, 0.29) is 6.61 Å². The van der Waals surface area contributed by atoms with Gasteiger partial charge in [-0.15, -0.1) is 11.3 Å². The third kappa shape index (κ3) is 4.15. The molecule has 1 aromatic heterocycles. The average molecular weight is 390 g/mol. The summed E-state index contributed by atoms with van der Waals surface area (Å²) in [5, 5.41) is 19.2. The normalized spacial score (nSPS) is 27.2. The highest BCUT2D eigenvalue weighted by molar-refractivity contribution is 7.14. The third-order valence-electron chi connectivity index (χ3n) is 6.63. The Morgan fingerprint density at radius 3 is 2.52 bits per heavy atom. The van der Waals surface area contributed by atoms with Crippen LogP contribution in [0.4, 0.5) is 0 Å². The van der Waals surface area contributed by atoms with Gasteiger partial charge in [-0.3, -0.25) is 4.90 Å². The standard InChI is InChI=1S/C22H31NO3S/c1-14-2-4-15(5-3-14)19-13-23(10-11-24)9-8-17(19)18-12-20(16-6-7-16)27-21(18)22(25)26/h12,14-16,24H,2-11,13H2,1H3,(H,25,26). The molecule has 0 radical (unpaired) electrons. The highest BCUT2D eigenvalue weighted by atomic mass is 32.1. The molecule has 2 heterocycles. The maximum atomic E-state index is 12.0. The summed E-state index contributed by atoms with van der Waals surface area (Å²) < 4.78 is 0. The van der Waals surface area contributed by atoms with Crippen LogP contribution in [-0.4, -0.2) is 47.3 Å². The summed E-state index contributed by atoms with van der Waals surface area (Å²) in [7, 11) is 0. The van der Waals surface area contributed by atoms with Crippen molar-refractivity contribution in [1.82, 2.24) is 4.90 Å². The molecule has 0 saturated heterocycles. The van der Waals surface area contributed by atoms with Gasteiger partial charge < -0.3 is 10.2 Å². The molecule has 2 N–H and O–H groups in total. The quantitative estimate of drug-likeness (QED) is 0.746. The second-order valence-corrected chi connectivity index (χ2v) is 9.77. The molecule has 1 aliphatic heterocycles. The molecule has 3 aliphatic rings. The SMILES string of the molecule is CC1CCC(C2=C(c3cc(C4CC4)sc3C(=O)O)CCN(CCO)C2)CC1. The molecule has 0 bridgehead atoms. The van der Waals surface area contributed by atoms with Crippen LogP contribution in [0.1, 0.15) is 77.9 Å². The molecule has 4 nitrogen and oxygen atoms in total. The smallest absolute Gasteiger partial charge is 0.346 e. The van der Waals surface area contributed by atoms with Crippen LogP contribution in [0.25, 0.3) is 5.57 Å². The topological polar surface area (TPSA) is 60.8 Å². The second kappa shape index (κ2) is 8.06. The maximum Gasteiger partial charge on any atom is 0.346 e. The monoisotopic (exact) mass is 389 g/mol. The first-order valence-corrected chi connectivity index (χ1v) is 11.3. The predicted molar refractivity (Wildman–Crippen MR) is 109 cm³/mol. The molecule has 2 saturated carbocycles. The first-order chi connectivity index (χ1) is 13.1. The lowest BCUT2D eigenvalue weighted by molar-refractivity contribution is 0.0702. The van der Waals surface area contributed by atoms with Crippen LogP contribution in [0.2, 0.25) is 0 Å². The zero-order chi connectivity index (χ0) is 19.0. The average Bonchev–Trinajstić information content (AvgIpc) is 3.41. The number of carboxylic acid groups (broad SMARTS) is 1. The Hall–Kier alpha value is -1.17. The highest BCUT2D eigenvalue weighted by Gasteiger charge is 2.33. The molecule has 0 atom stereocenters. The Morgan fingerprint density at radius 2 is 1.89 bits per heavy atom. The van der Waals surface area contributed by atoms with Crippen LogP contribution >= 0.6 is 11.3 Å². The molecule has 4 rings (SSSR count). The Balaban J connectivity index is 1.72. The van der Waals surface area contributed by atoms with Gasteiger partial charge in [0, 0.05) is 30.1 Å². The van der Waals surface area contributed by atoms with Crippen LogP contribution in [0.5, 0.6) is 0 Å². The van der Waals surface area contributed by atoms with Gasteiger partial charge in [-0.1, -0.05) is 19.8 Å². The van der Waals surface area contributed by atoms with Gasteiger partial charge in [0.15, 0.2) is 0 Å². The summed E-state index contributed by atoms with van der Waals surface area (Å²) in [4.78, 5) is 16.1. The van der Waals surface area contributed by atoms with Crippen LogP contribution in [0.15, 0.2) is 11.6 Å². The number of aliphatic hydroxyl groups is 1. The molecule has 2 fully saturated rings. The van der Waals surface area contributed by atoms with E-state index in [0.29, 0.717) is 23.3 Å². The summed E-state index contributed by atoms with van der Waals surface area (Å²) in [5.41, 5.74) is 3.78. The second-order valence-electron chi connectivity index (χ2n) is 8.68. The summed E-state index contributed by atoms with van der Waals surface area (Å²) in [5.74, 6) is 1.20. The van der Waals surface area contributed by atoms with E-state index in [4.69, 9.17) is 0 Å². The number of nitrogens with zero attached hydrogens (tertiary/aromatic N) is 1. The molecule has 5 heteroatoms. The number of hydrogen-bond acceptors (Lipinski definition) is 4. The van der Waals surface area contributed by atoms with Crippen molar-refractivity contribution >= 4 is 22.9 Å². The van der Waals surface area contributed by atoms with Crippen molar-refractivity contribution in [3.05, 3.63) is 27.0 Å². The van der Waals surface area contributed by atoms with Crippen molar-refractivity contribution in [2.24, 2.45) is 11.8 Å². The van der Waals surface area contributed by atoms with Crippen LogP contribution in [-0.2, 0) is 0 Å². The molecule has 0 unspecified atom stereocenters. The van der Waals surface area contributed by atoms with Gasteiger partial charge in [-0.05, 0) is 67.1 Å². The molecule has 27 heavy (non-hydrogen) atoms. The van der Waals surface area contributed by atoms with Crippen molar-refractivity contribution in [2.45, 2.75) is 57.8 Å². The van der Waals surface area contributed by atoms with Crippen molar-refractivity contribution in [2.75, 3.05) is 26.2 Å². The van der Waals surface area contributed by atoms with E-state index in [9.17, 15) is 15.0 Å². The van der Waals surface area contributed by atoms with E-state index in [1.165, 1.54) is 65.9 Å².